The summed E-state index contributed by atoms with van der Waals surface area (Å²) in [6.07, 6.45) is 5.01. The van der Waals surface area contributed by atoms with Crippen molar-refractivity contribution in [3.63, 3.8) is 0 Å². The van der Waals surface area contributed by atoms with E-state index in [1.54, 1.807) is 12.3 Å². The molecule has 4 aliphatic rings. The van der Waals surface area contributed by atoms with Crippen molar-refractivity contribution in [2.24, 2.45) is 0 Å². The number of nitrogens with one attached hydrogen (secondary N) is 2. The van der Waals surface area contributed by atoms with E-state index < -0.39 is 17.4 Å². The second-order valence-corrected chi connectivity index (χ2v) is 14.1. The summed E-state index contributed by atoms with van der Waals surface area (Å²) in [5.74, 6) is 0. The van der Waals surface area contributed by atoms with Crippen LogP contribution in [0.25, 0.3) is 11.2 Å². The molecule has 1 aliphatic carbocycles. The average molecular weight is 629 g/mol. The molecule has 4 fully saturated rings. The molecule has 7 rings (SSSR count). The first-order valence-corrected chi connectivity index (χ1v) is 16.0. The van der Waals surface area contributed by atoms with E-state index in [0.717, 1.165) is 29.2 Å². The van der Waals surface area contributed by atoms with Gasteiger partial charge in [-0.1, -0.05) is 31.4 Å². The fraction of sp³-hybridized carbons (Fsp3) is 0.606. The number of rotatable bonds is 6. The number of hydrogen-bond acceptors (Lipinski definition) is 7. The summed E-state index contributed by atoms with van der Waals surface area (Å²) in [5, 5.41) is 0. The van der Waals surface area contributed by atoms with E-state index in [-0.39, 0.29) is 28.4 Å². The Morgan fingerprint density at radius 3 is 2.53 bits per heavy atom. The number of nitrogens with zero attached hydrogens (tertiary/aromatic N) is 4. The monoisotopic (exact) mass is 628 g/mol. The summed E-state index contributed by atoms with van der Waals surface area (Å²) in [4.78, 5) is 18.3. The number of imidazole rings is 1. The normalized spacial score (nSPS) is 25.2. The molecule has 9 nitrogen and oxygen atoms in total. The van der Waals surface area contributed by atoms with Crippen molar-refractivity contribution >= 4 is 5.52 Å². The highest BCUT2D eigenvalue weighted by atomic mass is 19.4. The number of morpholine rings is 1. The van der Waals surface area contributed by atoms with Crippen LogP contribution in [0.5, 0.6) is 0 Å². The minimum atomic E-state index is -4.62. The van der Waals surface area contributed by atoms with Gasteiger partial charge in [0.25, 0.3) is 0 Å². The fourth-order valence-corrected chi connectivity index (χ4v) is 7.86. The third-order valence-corrected chi connectivity index (χ3v) is 10.4. The van der Waals surface area contributed by atoms with Crippen molar-refractivity contribution in [1.82, 2.24) is 29.6 Å². The van der Waals surface area contributed by atoms with E-state index in [9.17, 15) is 18.0 Å². The molecular formula is C33H43F3N6O3. The molecule has 0 amide bonds. The second-order valence-electron chi connectivity index (χ2n) is 14.1. The number of fused-ring (bicyclic) bond motifs is 1. The Kier molecular flexibility index (Phi) is 7.69. The number of benzene rings is 1. The van der Waals surface area contributed by atoms with Crippen LogP contribution < -0.4 is 16.5 Å². The Hall–Kier alpha value is -2.74. The van der Waals surface area contributed by atoms with Gasteiger partial charge in [0.1, 0.15) is 0 Å². The van der Waals surface area contributed by atoms with Crippen LogP contribution >= 0.6 is 0 Å². The summed E-state index contributed by atoms with van der Waals surface area (Å²) in [6.45, 7) is 7.02. The van der Waals surface area contributed by atoms with Gasteiger partial charge in [-0.05, 0) is 69.5 Å². The van der Waals surface area contributed by atoms with Crippen LogP contribution in [0.4, 0.5) is 13.2 Å². The summed E-state index contributed by atoms with van der Waals surface area (Å²) in [6, 6.07) is 8.81. The van der Waals surface area contributed by atoms with Crippen LogP contribution in [0.2, 0.25) is 0 Å². The summed E-state index contributed by atoms with van der Waals surface area (Å²) in [7, 11) is 2.17. The number of halogens is 3. The van der Waals surface area contributed by atoms with Gasteiger partial charge in [-0.2, -0.15) is 13.2 Å². The van der Waals surface area contributed by atoms with Crippen LogP contribution in [0.3, 0.4) is 0 Å². The Balaban J connectivity index is 1.20. The maximum atomic E-state index is 14.4. The first-order chi connectivity index (χ1) is 21.4. The van der Waals surface area contributed by atoms with Crippen LogP contribution in [0.1, 0.15) is 69.1 Å². The number of alkyl halides is 3. The number of pyridine rings is 1. The molecule has 2 N–H and O–H groups in total. The lowest BCUT2D eigenvalue weighted by molar-refractivity contribution is -0.136. The Morgan fingerprint density at radius 1 is 1.07 bits per heavy atom. The molecule has 3 aliphatic heterocycles. The lowest BCUT2D eigenvalue weighted by Crippen LogP contribution is -2.55. The van der Waals surface area contributed by atoms with Gasteiger partial charge in [0.15, 0.2) is 0 Å². The van der Waals surface area contributed by atoms with Crippen LogP contribution in [-0.4, -0.2) is 76.2 Å². The molecule has 1 spiro atoms. The van der Waals surface area contributed by atoms with Crippen molar-refractivity contribution in [1.29, 1.82) is 0 Å². The predicted octanol–water partition coefficient (Wildman–Crippen LogP) is 4.40. The number of hydrogen-bond donors (Lipinski definition) is 2. The average Bonchev–Trinajstić information content (AvgIpc) is 3.45. The maximum absolute atomic E-state index is 14.4. The van der Waals surface area contributed by atoms with E-state index in [1.165, 1.54) is 36.1 Å². The van der Waals surface area contributed by atoms with Crippen molar-refractivity contribution in [2.45, 2.75) is 87.9 Å². The van der Waals surface area contributed by atoms with E-state index in [2.05, 4.69) is 27.7 Å². The molecule has 1 atom stereocenters. The molecule has 1 unspecified atom stereocenters. The van der Waals surface area contributed by atoms with Crippen molar-refractivity contribution in [2.75, 3.05) is 40.0 Å². The Morgan fingerprint density at radius 2 is 1.84 bits per heavy atom. The molecular weight excluding hydrogens is 585 g/mol. The Labute approximate surface area is 261 Å². The first-order valence-electron chi connectivity index (χ1n) is 16.0. The summed E-state index contributed by atoms with van der Waals surface area (Å²) >= 11 is 0. The largest absolute Gasteiger partial charge is 0.418 e. The predicted molar refractivity (Wildman–Crippen MR) is 164 cm³/mol. The molecule has 2 aromatic heterocycles. The third kappa shape index (κ3) is 5.63. The van der Waals surface area contributed by atoms with Gasteiger partial charge in [-0.3, -0.25) is 18.8 Å². The molecule has 12 heteroatoms. The molecule has 1 saturated carbocycles. The van der Waals surface area contributed by atoms with Crippen molar-refractivity contribution in [3.05, 3.63) is 69.9 Å². The van der Waals surface area contributed by atoms with Crippen LogP contribution in [-0.2, 0) is 27.6 Å². The SMILES string of the molecule is CN1C(CC2(c3cccc(-n4cc5c(C(F)(F)F)cc(CN6CCOC(C)(C)C6)cn5c4=O)c3)COC2)NNC12CCCCC2. The number of aromatic nitrogens is 2. The van der Waals surface area contributed by atoms with Gasteiger partial charge in [0.2, 0.25) is 0 Å². The molecule has 244 valence electrons. The second kappa shape index (κ2) is 11.2. The molecule has 3 aromatic rings. The van der Waals surface area contributed by atoms with Gasteiger partial charge >= 0.3 is 11.9 Å². The fourth-order valence-electron chi connectivity index (χ4n) is 7.86. The van der Waals surface area contributed by atoms with Gasteiger partial charge in [0, 0.05) is 37.4 Å². The Bertz CT molecular complexity index is 1620. The first kappa shape index (κ1) is 30.9. The topological polar surface area (TPSA) is 75.4 Å². The lowest BCUT2D eigenvalue weighted by atomic mass is 9.74. The van der Waals surface area contributed by atoms with Gasteiger partial charge in [0.05, 0.1) is 54.0 Å². The quantitative estimate of drug-likeness (QED) is 0.419. The van der Waals surface area contributed by atoms with Gasteiger partial charge < -0.3 is 9.47 Å². The lowest BCUT2D eigenvalue weighted by Gasteiger charge is -2.46. The van der Waals surface area contributed by atoms with Crippen molar-refractivity contribution in [3.8, 4) is 5.69 Å². The highest BCUT2D eigenvalue weighted by molar-refractivity contribution is 5.58. The van der Waals surface area contributed by atoms with E-state index in [4.69, 9.17) is 9.47 Å². The summed E-state index contributed by atoms with van der Waals surface area (Å²) in [5.41, 5.74) is 6.90. The molecule has 0 radical (unpaired) electrons. The van der Waals surface area contributed by atoms with Gasteiger partial charge in [-0.15, -0.1) is 0 Å². The molecule has 0 bridgehead atoms. The number of hydrazine groups is 1. The third-order valence-electron chi connectivity index (χ3n) is 10.4. The van der Waals surface area contributed by atoms with Gasteiger partial charge in [-0.25, -0.2) is 15.6 Å². The van der Waals surface area contributed by atoms with Crippen molar-refractivity contribution < 1.29 is 22.6 Å². The van der Waals surface area contributed by atoms with E-state index >= 15 is 0 Å². The zero-order valence-corrected chi connectivity index (χ0v) is 26.3. The maximum Gasteiger partial charge on any atom is 0.418 e. The zero-order chi connectivity index (χ0) is 31.6. The standard InChI is InChI=1S/C33H43F3N6O3/c1-30(2)20-40(12-13-45-30)17-23-14-26(33(34,35)36)27-19-41(29(43)42(27)18-23)25-9-7-8-24(15-25)31(21-44-22-31)16-28-37-38-32(39(28)3)10-5-4-6-11-32/h7-9,14-15,18-19,28,37-38H,4-6,10-13,16-17,20-22H2,1-3H3. The molecule has 45 heavy (non-hydrogen) atoms. The highest BCUT2D eigenvalue weighted by Gasteiger charge is 2.50. The van der Waals surface area contributed by atoms with E-state index in [0.29, 0.717) is 50.7 Å². The smallest absolute Gasteiger partial charge is 0.379 e. The van der Waals surface area contributed by atoms with Crippen LogP contribution in [0.15, 0.2) is 47.5 Å². The summed E-state index contributed by atoms with van der Waals surface area (Å²) < 4.78 is 57.2. The van der Waals surface area contributed by atoms with Crippen LogP contribution in [0, 0.1) is 0 Å². The van der Waals surface area contributed by atoms with E-state index in [1.807, 2.05) is 32.0 Å². The molecule has 1 aromatic carbocycles. The number of ether oxygens (including phenoxy) is 2. The zero-order valence-electron chi connectivity index (χ0n) is 26.3. The molecule has 5 heterocycles. The molecule has 3 saturated heterocycles. The minimum absolute atomic E-state index is 0.0382. The minimum Gasteiger partial charge on any atom is -0.379 e. The highest BCUT2D eigenvalue weighted by Crippen LogP contribution is 2.42.